The number of benzene rings is 5. The van der Waals surface area contributed by atoms with Crippen LogP contribution >= 0.6 is 0 Å². The molecule has 1 radical (unpaired) electrons. The number of imidazole rings is 1. The van der Waals surface area contributed by atoms with Crippen molar-refractivity contribution in [3.63, 3.8) is 0 Å². The van der Waals surface area contributed by atoms with E-state index < -0.39 is 8.07 Å². The second kappa shape index (κ2) is 17.0. The number of pyridine rings is 3. The largest absolute Gasteiger partial charge is 0.486 e. The first-order valence-electron chi connectivity index (χ1n) is 21.0. The Balaban J connectivity index is 0.000000235. The van der Waals surface area contributed by atoms with E-state index in [1.165, 1.54) is 16.3 Å². The number of hydrogen-bond acceptors (Lipinski definition) is 5. The van der Waals surface area contributed by atoms with Gasteiger partial charge in [-0.1, -0.05) is 125 Å². The molecule has 0 bridgehead atoms. The summed E-state index contributed by atoms with van der Waals surface area (Å²) in [4.78, 5) is 19.7. The zero-order chi connectivity index (χ0) is 42.5. The molecule has 0 aliphatic heterocycles. The Morgan fingerprint density at radius 3 is 2.18 bits per heavy atom. The maximum Gasteiger partial charge on any atom is 0.216 e. The summed E-state index contributed by atoms with van der Waals surface area (Å²) in [7, 11) is -1.30. The van der Waals surface area contributed by atoms with Crippen molar-refractivity contribution in [2.45, 2.75) is 66.1 Å². The molecule has 5 heterocycles. The first kappa shape index (κ1) is 42.6. The van der Waals surface area contributed by atoms with Gasteiger partial charge in [0.15, 0.2) is 0 Å². The van der Waals surface area contributed by atoms with Crippen LogP contribution in [-0.2, 0) is 31.9 Å². The van der Waals surface area contributed by atoms with Crippen LogP contribution in [0.1, 0.15) is 44.6 Å². The van der Waals surface area contributed by atoms with Gasteiger partial charge in [-0.15, -0.1) is 54.1 Å². The maximum atomic E-state index is 6.53. The summed E-state index contributed by atoms with van der Waals surface area (Å²) in [6, 6.07) is 52.6. The number of hydrogen-bond donors (Lipinski definition) is 0. The van der Waals surface area contributed by atoms with Crippen molar-refractivity contribution in [2.24, 2.45) is 0 Å². The third-order valence-electron chi connectivity index (χ3n) is 11.3. The van der Waals surface area contributed by atoms with E-state index in [1.54, 1.807) is 0 Å². The molecule has 0 saturated carbocycles. The van der Waals surface area contributed by atoms with E-state index in [-0.39, 0.29) is 25.5 Å². The molecular weight excluding hydrogens is 955 g/mol. The number of nitrogens with zero attached hydrogens (tertiary/aromatic N) is 5. The van der Waals surface area contributed by atoms with Gasteiger partial charge >= 0.3 is 0 Å². The van der Waals surface area contributed by atoms with Gasteiger partial charge in [0.05, 0.1) is 36.0 Å². The van der Waals surface area contributed by atoms with Crippen LogP contribution in [0.15, 0.2) is 144 Å². The van der Waals surface area contributed by atoms with Crippen LogP contribution in [0.5, 0.6) is 0 Å². The van der Waals surface area contributed by atoms with Gasteiger partial charge in [0.2, 0.25) is 5.71 Å². The number of furan rings is 1. The molecule has 5 aromatic heterocycles. The molecule has 0 amide bonds. The van der Waals surface area contributed by atoms with Crippen molar-refractivity contribution >= 4 is 57.3 Å². The monoisotopic (exact) mass is 1000 g/mol. The molecule has 0 aliphatic rings. The molecule has 0 spiro atoms. The second-order valence-corrected chi connectivity index (χ2v) is 22.8. The van der Waals surface area contributed by atoms with Gasteiger partial charge in [-0.3, -0.25) is 9.97 Å². The Morgan fingerprint density at radius 1 is 0.726 bits per heavy atom. The fourth-order valence-electron chi connectivity index (χ4n) is 8.06. The summed E-state index contributed by atoms with van der Waals surface area (Å²) in [6.45, 7) is 17.8. The fraction of sp³-hybridized carbons (Fsp3) is 0.185. The third-order valence-corrected chi connectivity index (χ3v) is 13.4. The molecule has 0 N–H and O–H groups in total. The molecule has 6 nitrogen and oxygen atoms in total. The maximum absolute atomic E-state index is 6.53. The zero-order valence-electron chi connectivity index (χ0n) is 36.5. The standard InChI is InChI=1S/C38H29N4O.C16H20NSi.Ir/c1-23-13-14-26-17-21-31-34(33(26)39-23)42(27-18-15-25(16-19-27)24-9-6-5-7-10-24)36(40-31)30-12-8-11-28-29-20-22-32(38(2,3)4)41-37(29)43-35(28)30;1-5-13-11-15(14-9-7-6-8-10-14)17-12-16(13)18(2,3)4;/h5-11,13-22H,1-4H3;6-9,11-12H,5H2,1-4H3;/q2*-1;. The molecule has 0 saturated heterocycles. The number of rotatable bonds is 6. The predicted octanol–water partition coefficient (Wildman–Crippen LogP) is 13.3. The number of aromatic nitrogens is 5. The van der Waals surface area contributed by atoms with Crippen molar-refractivity contribution in [3.05, 3.63) is 169 Å². The van der Waals surface area contributed by atoms with Crippen LogP contribution < -0.4 is 5.19 Å². The normalized spacial score (nSPS) is 11.8. The van der Waals surface area contributed by atoms with Gasteiger partial charge in [0.1, 0.15) is 0 Å². The summed E-state index contributed by atoms with van der Waals surface area (Å²) >= 11 is 0. The van der Waals surface area contributed by atoms with Gasteiger partial charge in [-0.25, -0.2) is 4.98 Å². The topological polar surface area (TPSA) is 69.6 Å². The van der Waals surface area contributed by atoms with Crippen LogP contribution in [0.4, 0.5) is 0 Å². The first-order chi connectivity index (χ1) is 29.4. The van der Waals surface area contributed by atoms with Crippen molar-refractivity contribution in [1.29, 1.82) is 0 Å². The van der Waals surface area contributed by atoms with Crippen LogP contribution in [0.2, 0.25) is 19.6 Å². The van der Waals surface area contributed by atoms with E-state index in [1.807, 2.05) is 49.4 Å². The predicted molar refractivity (Wildman–Crippen MR) is 255 cm³/mol. The molecule has 0 atom stereocenters. The molecular formula is C54H49IrN5OSi-2. The van der Waals surface area contributed by atoms with Gasteiger partial charge in [-0.05, 0) is 71.8 Å². The summed E-state index contributed by atoms with van der Waals surface area (Å²) in [5.41, 5.74) is 13.6. The molecule has 0 unspecified atom stereocenters. The molecule has 0 fully saturated rings. The molecule has 5 aromatic carbocycles. The van der Waals surface area contributed by atoms with Crippen LogP contribution in [0.3, 0.4) is 0 Å². The molecule has 8 heteroatoms. The van der Waals surface area contributed by atoms with Crippen molar-refractivity contribution in [2.75, 3.05) is 0 Å². The average Bonchev–Trinajstić information content (AvgIpc) is 3.85. The van der Waals surface area contributed by atoms with E-state index in [4.69, 9.17) is 19.4 Å². The fourth-order valence-corrected chi connectivity index (χ4v) is 9.73. The summed E-state index contributed by atoms with van der Waals surface area (Å²) in [6.07, 6.45) is 3.16. The summed E-state index contributed by atoms with van der Waals surface area (Å²) < 4.78 is 8.73. The average molecular weight is 1000 g/mol. The Bertz CT molecular complexity index is 3200. The second-order valence-electron chi connectivity index (χ2n) is 17.7. The first-order valence-corrected chi connectivity index (χ1v) is 24.5. The van der Waals surface area contributed by atoms with Gasteiger partial charge < -0.3 is 14.0 Å². The Hall–Kier alpha value is -6.05. The van der Waals surface area contributed by atoms with E-state index in [0.717, 1.165) is 90.0 Å². The van der Waals surface area contributed by atoms with E-state index >= 15 is 0 Å². The SMILES string of the molecule is CCc1cc(-c2[c-]cccc2)ncc1[Si](C)(C)C.Cc1ccc2ccc3nc(-c4[c-]ccc5c4oc4nc(C(C)(C)C)ccc45)n(-c4ccc(-c5ccccc5)cc4)c3c2n1.[Ir]. The van der Waals surface area contributed by atoms with Crippen LogP contribution in [0.25, 0.3) is 83.5 Å². The van der Waals surface area contributed by atoms with Crippen LogP contribution in [0, 0.1) is 19.1 Å². The Kier molecular flexibility index (Phi) is 11.7. The number of fused-ring (bicyclic) bond motifs is 6. The molecule has 10 rings (SSSR count). The van der Waals surface area contributed by atoms with Gasteiger partial charge in [0.25, 0.3) is 0 Å². The Labute approximate surface area is 378 Å². The summed E-state index contributed by atoms with van der Waals surface area (Å²) in [5.74, 6) is 0.749. The van der Waals surface area contributed by atoms with Crippen molar-refractivity contribution < 1.29 is 24.5 Å². The quantitative estimate of drug-likeness (QED) is 0.123. The van der Waals surface area contributed by atoms with E-state index in [2.05, 4.69) is 166 Å². The third kappa shape index (κ3) is 8.18. The van der Waals surface area contributed by atoms with E-state index in [0.29, 0.717) is 5.71 Å². The van der Waals surface area contributed by atoms with E-state index in [9.17, 15) is 0 Å². The molecule has 10 aromatic rings. The summed E-state index contributed by atoms with van der Waals surface area (Å²) in [5, 5.41) is 4.52. The van der Waals surface area contributed by atoms with Crippen molar-refractivity contribution in [1.82, 2.24) is 24.5 Å². The molecule has 311 valence electrons. The smallest absolute Gasteiger partial charge is 0.216 e. The minimum atomic E-state index is -1.30. The van der Waals surface area contributed by atoms with Gasteiger partial charge in [0, 0.05) is 59.6 Å². The number of aryl methyl sites for hydroxylation is 2. The zero-order valence-corrected chi connectivity index (χ0v) is 39.9. The molecule has 0 aliphatic carbocycles. The minimum absolute atomic E-state index is 0. The molecule has 62 heavy (non-hydrogen) atoms. The van der Waals surface area contributed by atoms with Crippen molar-refractivity contribution in [3.8, 4) is 39.5 Å². The van der Waals surface area contributed by atoms with Crippen LogP contribution in [-0.4, -0.2) is 32.6 Å². The minimum Gasteiger partial charge on any atom is -0.486 e. The van der Waals surface area contributed by atoms with Gasteiger partial charge in [-0.2, -0.15) is 0 Å². The Morgan fingerprint density at radius 2 is 1.47 bits per heavy atom.